The molecule has 1 saturated heterocycles. The minimum Gasteiger partial charge on any atom is -0.415 e. The number of hydrogen-bond donors (Lipinski definition) is 1. The Labute approximate surface area is 214 Å². The molecule has 0 aliphatic carbocycles. The molecule has 1 N–H and O–H groups in total. The molecular formula is C24H23F4N7O3. The lowest BCUT2D eigenvalue weighted by atomic mass is 10.1. The van der Waals surface area contributed by atoms with E-state index in [1.165, 1.54) is 12.1 Å². The number of rotatable bonds is 8. The number of amides is 2. The number of hydrogen-bond acceptors (Lipinski definition) is 7. The van der Waals surface area contributed by atoms with Crippen molar-refractivity contribution in [2.45, 2.75) is 13.0 Å². The first kappa shape index (κ1) is 26.7. The molecule has 38 heavy (non-hydrogen) atoms. The van der Waals surface area contributed by atoms with Crippen molar-refractivity contribution >= 4 is 17.4 Å². The topological polar surface area (TPSA) is 108 Å². The number of nitrogens with zero attached hydrogens (tertiary/aromatic N) is 6. The number of nitrogens with one attached hydrogen (secondary N) is 1. The van der Waals surface area contributed by atoms with Gasteiger partial charge in [-0.05, 0) is 24.3 Å². The smallest absolute Gasteiger partial charge is 0.321 e. The van der Waals surface area contributed by atoms with E-state index in [0.717, 1.165) is 12.1 Å². The van der Waals surface area contributed by atoms with Gasteiger partial charge in [0.15, 0.2) is 0 Å². The average molecular weight is 533 g/mol. The van der Waals surface area contributed by atoms with Crippen LogP contribution in [0.4, 0.5) is 28.0 Å². The Morgan fingerprint density at radius 2 is 1.89 bits per heavy atom. The number of halogens is 4. The van der Waals surface area contributed by atoms with Crippen LogP contribution in [0.1, 0.15) is 23.4 Å². The van der Waals surface area contributed by atoms with E-state index in [1.54, 1.807) is 29.2 Å². The Kier molecular flexibility index (Phi) is 8.31. The zero-order valence-electron chi connectivity index (χ0n) is 20.2. The van der Waals surface area contributed by atoms with Gasteiger partial charge >= 0.3 is 12.5 Å². The Morgan fingerprint density at radius 3 is 2.55 bits per heavy atom. The summed E-state index contributed by atoms with van der Waals surface area (Å²) < 4.78 is 64.5. The van der Waals surface area contributed by atoms with Gasteiger partial charge in [-0.1, -0.05) is 23.9 Å². The highest BCUT2D eigenvalue weighted by Gasteiger charge is 2.20. The molecule has 3 aromatic rings. The highest BCUT2D eigenvalue weighted by molar-refractivity contribution is 5.90. The minimum absolute atomic E-state index is 0.179. The summed E-state index contributed by atoms with van der Waals surface area (Å²) in [5, 5.41) is 18.5. The van der Waals surface area contributed by atoms with Crippen LogP contribution in [0.25, 0.3) is 17.2 Å². The average Bonchev–Trinajstić information content (AvgIpc) is 3.41. The second-order valence-corrected chi connectivity index (χ2v) is 8.23. The fourth-order valence-corrected chi connectivity index (χ4v) is 3.51. The summed E-state index contributed by atoms with van der Waals surface area (Å²) in [6.45, 7) is 5.53. The highest BCUT2D eigenvalue weighted by atomic mass is 19.3. The number of benzene rings is 2. The number of morpholine rings is 1. The summed E-state index contributed by atoms with van der Waals surface area (Å²) in [5.74, 6) is -3.30. The second kappa shape index (κ2) is 11.8. The fourth-order valence-electron chi connectivity index (χ4n) is 3.51. The van der Waals surface area contributed by atoms with Crippen LogP contribution < -0.4 is 5.32 Å². The lowest BCUT2D eigenvalue weighted by molar-refractivity contribution is 0.0564. The van der Waals surface area contributed by atoms with Crippen LogP contribution in [0.5, 0.6) is 0 Å². The molecule has 1 aliphatic heterocycles. The summed E-state index contributed by atoms with van der Waals surface area (Å²) in [7, 11) is 1.45. The molecule has 1 aliphatic rings. The van der Waals surface area contributed by atoms with Crippen molar-refractivity contribution in [2.24, 2.45) is 10.3 Å². The van der Waals surface area contributed by atoms with Crippen molar-refractivity contribution in [1.82, 2.24) is 20.1 Å². The van der Waals surface area contributed by atoms with Gasteiger partial charge in [0.2, 0.25) is 5.89 Å². The first-order chi connectivity index (χ1) is 18.2. The van der Waals surface area contributed by atoms with Gasteiger partial charge in [-0.2, -0.15) is 8.78 Å². The van der Waals surface area contributed by atoms with Crippen LogP contribution in [0, 0.1) is 11.6 Å². The maximum Gasteiger partial charge on any atom is 0.321 e. The second-order valence-electron chi connectivity index (χ2n) is 8.23. The summed E-state index contributed by atoms with van der Waals surface area (Å²) in [4.78, 5) is 14.1. The third-order valence-electron chi connectivity index (χ3n) is 5.47. The van der Waals surface area contributed by atoms with E-state index < -0.39 is 29.8 Å². The molecular weight excluding hydrogens is 510 g/mol. The number of carbonyl (C=O) groups excluding carboxylic acids is 1. The zero-order chi connectivity index (χ0) is 27.2. The molecule has 0 bridgehead atoms. The molecule has 4 rings (SSSR count). The molecule has 2 aromatic carbocycles. The SMILES string of the molecule is C=C(N=NN(C)Cc1c(F)cc(-c2nnc(C(F)F)o2)cc1F)c1cccc(NC(=O)N2CCOCC2)c1. The van der Waals surface area contributed by atoms with Crippen LogP contribution in [0.3, 0.4) is 0 Å². The van der Waals surface area contributed by atoms with Crippen molar-refractivity contribution in [1.29, 1.82) is 0 Å². The number of anilines is 1. The Hall–Kier alpha value is -4.33. The van der Waals surface area contributed by atoms with Crippen molar-refractivity contribution in [3.05, 3.63) is 71.6 Å². The maximum absolute atomic E-state index is 14.6. The molecule has 200 valence electrons. The number of aromatic nitrogens is 2. The number of urea groups is 1. The van der Waals surface area contributed by atoms with Crippen LogP contribution in [-0.2, 0) is 11.3 Å². The molecule has 14 heteroatoms. The molecule has 0 saturated carbocycles. The number of ether oxygens (including phenoxy) is 1. The Balaban J connectivity index is 1.38. The van der Waals surface area contributed by atoms with E-state index >= 15 is 0 Å². The van der Waals surface area contributed by atoms with E-state index in [-0.39, 0.29) is 29.4 Å². The van der Waals surface area contributed by atoms with Gasteiger partial charge in [-0.25, -0.2) is 13.6 Å². The van der Waals surface area contributed by atoms with Crippen LogP contribution in [0.15, 0.2) is 57.7 Å². The van der Waals surface area contributed by atoms with E-state index in [4.69, 9.17) is 9.15 Å². The number of carbonyl (C=O) groups is 1. The molecule has 1 aromatic heterocycles. The first-order valence-electron chi connectivity index (χ1n) is 11.4. The van der Waals surface area contributed by atoms with Crippen LogP contribution in [0.2, 0.25) is 0 Å². The van der Waals surface area contributed by atoms with Crippen LogP contribution >= 0.6 is 0 Å². The van der Waals surface area contributed by atoms with Crippen molar-refractivity contribution in [2.75, 3.05) is 38.7 Å². The standard InChI is InChI=1S/C24H23F4N7O3/c1-14(15-4-3-5-17(10-15)29-24(36)35-6-8-37-9-7-35)30-33-34(2)13-18-19(25)11-16(12-20(18)26)22-31-32-23(38-22)21(27)28/h3-5,10-12,21H,1,6-9,13H2,2H3,(H,29,36). The van der Waals surface area contributed by atoms with E-state index in [1.807, 2.05) is 0 Å². The molecule has 0 radical (unpaired) electrons. The largest absolute Gasteiger partial charge is 0.415 e. The summed E-state index contributed by atoms with van der Waals surface area (Å²) in [6, 6.07) is 8.39. The number of alkyl halides is 2. The molecule has 0 unspecified atom stereocenters. The summed E-state index contributed by atoms with van der Waals surface area (Å²) >= 11 is 0. The van der Waals surface area contributed by atoms with Gasteiger partial charge < -0.3 is 19.4 Å². The first-order valence-corrected chi connectivity index (χ1v) is 11.4. The quantitative estimate of drug-likeness (QED) is 0.240. The maximum atomic E-state index is 14.6. The normalized spacial score (nSPS) is 13.8. The van der Waals surface area contributed by atoms with Gasteiger partial charge in [0, 0.05) is 42.5 Å². The lowest BCUT2D eigenvalue weighted by Crippen LogP contribution is -2.43. The Morgan fingerprint density at radius 1 is 1.18 bits per heavy atom. The Bertz CT molecular complexity index is 1320. The van der Waals surface area contributed by atoms with E-state index in [9.17, 15) is 22.4 Å². The monoisotopic (exact) mass is 533 g/mol. The van der Waals surface area contributed by atoms with Gasteiger partial charge in [0.25, 0.3) is 5.89 Å². The molecule has 2 amide bonds. The van der Waals surface area contributed by atoms with Gasteiger partial charge in [-0.15, -0.1) is 15.3 Å². The predicted molar refractivity (Wildman–Crippen MR) is 128 cm³/mol. The van der Waals surface area contributed by atoms with Gasteiger partial charge in [0.1, 0.15) is 11.6 Å². The minimum atomic E-state index is -3.00. The van der Waals surface area contributed by atoms with E-state index in [2.05, 4.69) is 32.4 Å². The molecule has 0 atom stereocenters. The van der Waals surface area contributed by atoms with Crippen molar-refractivity contribution in [3.8, 4) is 11.5 Å². The fraction of sp³-hybridized carbons (Fsp3) is 0.292. The van der Waals surface area contributed by atoms with Crippen molar-refractivity contribution < 1.29 is 31.5 Å². The van der Waals surface area contributed by atoms with Crippen LogP contribution in [-0.4, -0.2) is 59.5 Å². The molecule has 0 spiro atoms. The third-order valence-corrected chi connectivity index (χ3v) is 5.47. The predicted octanol–water partition coefficient (Wildman–Crippen LogP) is 5.29. The molecule has 2 heterocycles. The molecule has 1 fully saturated rings. The zero-order valence-corrected chi connectivity index (χ0v) is 20.2. The van der Waals surface area contributed by atoms with E-state index in [0.29, 0.717) is 37.6 Å². The van der Waals surface area contributed by atoms with Gasteiger partial charge in [-0.3, -0.25) is 5.01 Å². The lowest BCUT2D eigenvalue weighted by Gasteiger charge is -2.27. The molecule has 10 nitrogen and oxygen atoms in total. The van der Waals surface area contributed by atoms with Crippen molar-refractivity contribution in [3.63, 3.8) is 0 Å². The summed E-state index contributed by atoms with van der Waals surface area (Å²) in [6.07, 6.45) is -3.00. The highest BCUT2D eigenvalue weighted by Crippen LogP contribution is 2.27. The van der Waals surface area contributed by atoms with Gasteiger partial charge in [0.05, 0.1) is 25.5 Å². The third kappa shape index (κ3) is 6.51. The summed E-state index contributed by atoms with van der Waals surface area (Å²) in [5.41, 5.74) is 0.853.